The van der Waals surface area contributed by atoms with Crippen molar-refractivity contribution in [3.05, 3.63) is 0 Å². The number of hydrogen-bond donors (Lipinski definition) is 4. The highest BCUT2D eigenvalue weighted by molar-refractivity contribution is 5.73. The first-order valence-corrected chi connectivity index (χ1v) is 5.48. The summed E-state index contributed by atoms with van der Waals surface area (Å²) in [4.78, 5) is 10.7. The molecule has 1 aliphatic rings. The molecule has 1 rings (SSSR count). The third-order valence-electron chi connectivity index (χ3n) is 2.68. The minimum atomic E-state index is -5.93. The summed E-state index contributed by atoms with van der Waals surface area (Å²) in [5, 5.41) is 36.4. The fraction of sp³-hybridized carbons (Fsp3) is 0.889. The Morgan fingerprint density at radius 1 is 0.955 bits per heavy atom. The molecule has 0 aliphatic carbocycles. The molecular formula is C9H10F6O7. The maximum absolute atomic E-state index is 12.3. The van der Waals surface area contributed by atoms with Gasteiger partial charge in [-0.15, -0.1) is 0 Å². The quantitative estimate of drug-likeness (QED) is 0.505. The van der Waals surface area contributed by atoms with E-state index in [0.717, 1.165) is 0 Å². The van der Waals surface area contributed by atoms with E-state index in [-0.39, 0.29) is 0 Å². The number of carboxylic acids is 1. The van der Waals surface area contributed by atoms with Gasteiger partial charge in [-0.2, -0.15) is 26.3 Å². The second-order valence-corrected chi connectivity index (χ2v) is 4.33. The summed E-state index contributed by atoms with van der Waals surface area (Å²) in [6.45, 7) is 0. The number of aliphatic hydroxyl groups is 3. The van der Waals surface area contributed by atoms with Crippen molar-refractivity contribution in [3.63, 3.8) is 0 Å². The Bertz CT molecular complexity index is 396. The second kappa shape index (κ2) is 6.16. The van der Waals surface area contributed by atoms with Crippen LogP contribution >= 0.6 is 0 Å². The Kier molecular flexibility index (Phi) is 5.29. The summed E-state index contributed by atoms with van der Waals surface area (Å²) < 4.78 is 81.7. The highest BCUT2D eigenvalue weighted by Gasteiger charge is 2.61. The van der Waals surface area contributed by atoms with Crippen molar-refractivity contribution in [1.82, 2.24) is 0 Å². The maximum atomic E-state index is 12.3. The first-order chi connectivity index (χ1) is 9.76. The average molecular weight is 344 g/mol. The van der Waals surface area contributed by atoms with Crippen molar-refractivity contribution in [3.8, 4) is 0 Å². The highest BCUT2D eigenvalue weighted by Crippen LogP contribution is 2.38. The van der Waals surface area contributed by atoms with E-state index in [4.69, 9.17) is 5.11 Å². The highest BCUT2D eigenvalue weighted by atomic mass is 19.4. The van der Waals surface area contributed by atoms with Gasteiger partial charge in [0.15, 0.2) is 12.4 Å². The van der Waals surface area contributed by atoms with E-state index in [1.165, 1.54) is 0 Å². The van der Waals surface area contributed by atoms with Crippen LogP contribution in [0.4, 0.5) is 26.3 Å². The Balaban J connectivity index is 3.01. The largest absolute Gasteiger partial charge is 0.479 e. The van der Waals surface area contributed by atoms with E-state index in [1.807, 2.05) is 0 Å². The standard InChI is InChI=1S/C9H10F6O7/c10-8(11,12)7(9(13,14)15)22-6-3(18)1(16)2(17)4(21-6)5(19)20/h1-4,6-7,16-18H,(H,19,20)/t1-,2-,3+,4-,6?/m0/s1. The van der Waals surface area contributed by atoms with Gasteiger partial charge in [-0.05, 0) is 0 Å². The van der Waals surface area contributed by atoms with E-state index < -0.39 is 55.1 Å². The van der Waals surface area contributed by atoms with Gasteiger partial charge < -0.3 is 29.9 Å². The molecule has 0 bridgehead atoms. The lowest BCUT2D eigenvalue weighted by Crippen LogP contribution is -2.62. The van der Waals surface area contributed by atoms with E-state index in [9.17, 15) is 46.5 Å². The molecular weight excluding hydrogens is 334 g/mol. The number of ether oxygens (including phenoxy) is 2. The van der Waals surface area contributed by atoms with E-state index in [1.54, 1.807) is 0 Å². The molecule has 0 radical (unpaired) electrons. The Morgan fingerprint density at radius 2 is 1.41 bits per heavy atom. The lowest BCUT2D eigenvalue weighted by Gasteiger charge is -2.40. The Labute approximate surface area is 117 Å². The van der Waals surface area contributed by atoms with Crippen LogP contribution < -0.4 is 0 Å². The molecule has 1 unspecified atom stereocenters. The molecule has 4 N–H and O–H groups in total. The third kappa shape index (κ3) is 3.98. The zero-order chi connectivity index (χ0) is 17.5. The fourth-order valence-electron chi connectivity index (χ4n) is 1.64. The average Bonchev–Trinajstić information content (AvgIpc) is 2.31. The molecule has 22 heavy (non-hydrogen) atoms. The smallest absolute Gasteiger partial charge is 0.423 e. The molecule has 130 valence electrons. The minimum Gasteiger partial charge on any atom is -0.479 e. The zero-order valence-corrected chi connectivity index (χ0v) is 10.2. The molecule has 0 aromatic heterocycles. The maximum Gasteiger partial charge on any atom is 0.423 e. The number of alkyl halides is 6. The van der Waals surface area contributed by atoms with Crippen LogP contribution in [0.1, 0.15) is 0 Å². The van der Waals surface area contributed by atoms with Gasteiger partial charge in [-0.1, -0.05) is 0 Å². The van der Waals surface area contributed by atoms with E-state index in [2.05, 4.69) is 9.47 Å². The van der Waals surface area contributed by atoms with Crippen LogP contribution in [-0.4, -0.2) is 75.6 Å². The first-order valence-electron chi connectivity index (χ1n) is 5.48. The number of aliphatic hydroxyl groups excluding tert-OH is 3. The predicted octanol–water partition coefficient (Wildman–Crippen LogP) is -0.612. The van der Waals surface area contributed by atoms with E-state index >= 15 is 0 Å². The molecule has 0 aromatic carbocycles. The molecule has 1 heterocycles. The number of carbonyl (C=O) groups is 1. The van der Waals surface area contributed by atoms with Crippen molar-refractivity contribution >= 4 is 5.97 Å². The monoisotopic (exact) mass is 344 g/mol. The molecule has 0 spiro atoms. The zero-order valence-electron chi connectivity index (χ0n) is 10.2. The van der Waals surface area contributed by atoms with Gasteiger partial charge in [0.05, 0.1) is 0 Å². The van der Waals surface area contributed by atoms with Crippen LogP contribution in [0.2, 0.25) is 0 Å². The number of halogens is 6. The van der Waals surface area contributed by atoms with Gasteiger partial charge in [0.25, 0.3) is 6.10 Å². The fourth-order valence-corrected chi connectivity index (χ4v) is 1.64. The van der Waals surface area contributed by atoms with Crippen LogP contribution in [0.15, 0.2) is 0 Å². The number of hydrogen-bond acceptors (Lipinski definition) is 6. The topological polar surface area (TPSA) is 116 Å². The Hall–Kier alpha value is -1.15. The molecule has 5 atom stereocenters. The van der Waals surface area contributed by atoms with Gasteiger partial charge in [-0.25, -0.2) is 4.79 Å². The van der Waals surface area contributed by atoms with Crippen LogP contribution in [0.3, 0.4) is 0 Å². The van der Waals surface area contributed by atoms with E-state index in [0.29, 0.717) is 0 Å². The van der Waals surface area contributed by atoms with Crippen molar-refractivity contribution in [2.45, 2.75) is 49.2 Å². The minimum absolute atomic E-state index is 1.98. The molecule has 0 aromatic rings. The van der Waals surface area contributed by atoms with Crippen LogP contribution in [0.5, 0.6) is 0 Å². The van der Waals surface area contributed by atoms with Crippen molar-refractivity contribution < 1.29 is 61.0 Å². The Morgan fingerprint density at radius 3 is 1.77 bits per heavy atom. The van der Waals surface area contributed by atoms with Gasteiger partial charge >= 0.3 is 18.3 Å². The summed E-state index contributed by atoms with van der Waals surface area (Å²) in [6, 6.07) is 0. The summed E-state index contributed by atoms with van der Waals surface area (Å²) in [5.41, 5.74) is 0. The SMILES string of the molecule is O=C(O)[C@H]1OC(OC(C(F)(F)F)C(F)(F)F)[C@H](O)[C@@H](O)[C@@H]1O. The van der Waals surface area contributed by atoms with Crippen molar-refractivity contribution in [2.75, 3.05) is 0 Å². The number of carboxylic acid groups (broad SMARTS) is 1. The normalized spacial score (nSPS) is 34.0. The summed E-state index contributed by atoms with van der Waals surface area (Å²) in [5.74, 6) is -1.98. The van der Waals surface area contributed by atoms with Gasteiger partial charge in [0.2, 0.25) is 0 Å². The van der Waals surface area contributed by atoms with Gasteiger partial charge in [0.1, 0.15) is 18.3 Å². The molecule has 7 nitrogen and oxygen atoms in total. The molecule has 1 fully saturated rings. The third-order valence-corrected chi connectivity index (χ3v) is 2.68. The van der Waals surface area contributed by atoms with Crippen LogP contribution in [0, 0.1) is 0 Å². The molecule has 13 heteroatoms. The van der Waals surface area contributed by atoms with Crippen molar-refractivity contribution in [2.24, 2.45) is 0 Å². The van der Waals surface area contributed by atoms with Crippen LogP contribution in [-0.2, 0) is 14.3 Å². The van der Waals surface area contributed by atoms with Gasteiger partial charge in [0, 0.05) is 0 Å². The van der Waals surface area contributed by atoms with Crippen LogP contribution in [0.25, 0.3) is 0 Å². The van der Waals surface area contributed by atoms with Crippen molar-refractivity contribution in [1.29, 1.82) is 0 Å². The molecule has 1 aliphatic heterocycles. The lowest BCUT2D eigenvalue weighted by atomic mass is 9.99. The second-order valence-electron chi connectivity index (χ2n) is 4.33. The summed E-state index contributed by atoms with van der Waals surface area (Å²) >= 11 is 0. The predicted molar refractivity (Wildman–Crippen MR) is 51.3 cm³/mol. The summed E-state index contributed by atoms with van der Waals surface area (Å²) in [7, 11) is 0. The number of rotatable bonds is 3. The number of aliphatic carboxylic acids is 1. The molecule has 0 amide bonds. The molecule has 1 saturated heterocycles. The van der Waals surface area contributed by atoms with Gasteiger partial charge in [-0.3, -0.25) is 0 Å². The lowest BCUT2D eigenvalue weighted by molar-refractivity contribution is -0.382. The first kappa shape index (κ1) is 18.9. The summed E-state index contributed by atoms with van der Waals surface area (Å²) in [6.07, 6.45) is -28.6. The molecule has 0 saturated carbocycles.